The van der Waals surface area contributed by atoms with E-state index in [0.29, 0.717) is 16.2 Å². The summed E-state index contributed by atoms with van der Waals surface area (Å²) < 4.78 is 62.2. The lowest BCUT2D eigenvalue weighted by Gasteiger charge is -2.31. The molecule has 9 heteroatoms. The molecule has 1 aromatic heterocycles. The average Bonchev–Trinajstić information content (AvgIpc) is 2.36. The molecular formula is C10H8F5N3O. The molecule has 1 aromatic rings. The first-order valence-corrected chi connectivity index (χ1v) is 5.25. The van der Waals surface area contributed by atoms with Gasteiger partial charge in [0, 0.05) is 31.3 Å². The van der Waals surface area contributed by atoms with Crippen molar-refractivity contribution in [3.63, 3.8) is 0 Å². The zero-order chi connectivity index (χ0) is 14.3. The number of carbonyl (C=O) groups is 1. The first kappa shape index (κ1) is 13.6. The van der Waals surface area contributed by atoms with E-state index in [1.807, 2.05) is 0 Å². The van der Waals surface area contributed by atoms with Crippen molar-refractivity contribution >= 4 is 5.91 Å². The lowest BCUT2D eigenvalue weighted by atomic mass is 10.1. The molecule has 2 rings (SSSR count). The van der Waals surface area contributed by atoms with Crippen LogP contribution in [-0.2, 0) is 17.8 Å². The van der Waals surface area contributed by atoms with Crippen molar-refractivity contribution in [3.8, 4) is 0 Å². The highest BCUT2D eigenvalue weighted by atomic mass is 19.4. The number of amides is 1. The highest BCUT2D eigenvalue weighted by molar-refractivity contribution is 5.84. The second-order valence-electron chi connectivity index (χ2n) is 4.04. The molecule has 0 aliphatic carbocycles. The van der Waals surface area contributed by atoms with Crippen LogP contribution in [0.4, 0.5) is 22.0 Å². The third kappa shape index (κ3) is 2.36. The van der Waals surface area contributed by atoms with Gasteiger partial charge in [-0.2, -0.15) is 22.0 Å². The van der Waals surface area contributed by atoms with Crippen molar-refractivity contribution in [1.29, 1.82) is 0 Å². The number of aromatic nitrogens is 2. The number of alkyl halides is 5. The van der Waals surface area contributed by atoms with Crippen LogP contribution in [0.1, 0.15) is 11.3 Å². The molecule has 2 heterocycles. The number of fused-ring (bicyclic) bond motifs is 1. The van der Waals surface area contributed by atoms with Crippen LogP contribution in [0.25, 0.3) is 0 Å². The summed E-state index contributed by atoms with van der Waals surface area (Å²) in [5.74, 6) is -7.62. The van der Waals surface area contributed by atoms with Gasteiger partial charge in [-0.05, 0) is 0 Å². The van der Waals surface area contributed by atoms with Gasteiger partial charge in [-0.1, -0.05) is 0 Å². The fourth-order valence-electron chi connectivity index (χ4n) is 1.76. The summed E-state index contributed by atoms with van der Waals surface area (Å²) >= 11 is 0. The molecule has 0 aromatic carbocycles. The molecule has 19 heavy (non-hydrogen) atoms. The molecule has 0 saturated carbocycles. The highest BCUT2D eigenvalue weighted by Crippen LogP contribution is 2.37. The first-order valence-electron chi connectivity index (χ1n) is 5.25. The number of rotatable bonds is 1. The van der Waals surface area contributed by atoms with E-state index in [4.69, 9.17) is 0 Å². The lowest BCUT2D eigenvalue weighted by Crippen LogP contribution is -2.53. The van der Waals surface area contributed by atoms with Crippen molar-refractivity contribution in [2.24, 2.45) is 0 Å². The first-order chi connectivity index (χ1) is 8.73. The predicted molar refractivity (Wildman–Crippen MR) is 52.2 cm³/mol. The summed E-state index contributed by atoms with van der Waals surface area (Å²) in [5.41, 5.74) is 0.925. The van der Waals surface area contributed by atoms with Crippen molar-refractivity contribution in [1.82, 2.24) is 14.9 Å². The summed E-state index contributed by atoms with van der Waals surface area (Å²) in [6.07, 6.45) is -3.22. The maximum atomic E-state index is 12.9. The Labute approximate surface area is 104 Å². The third-order valence-corrected chi connectivity index (χ3v) is 2.77. The molecule has 0 fully saturated rings. The molecule has 1 aliphatic heterocycles. The van der Waals surface area contributed by atoms with Crippen LogP contribution in [0.15, 0.2) is 12.5 Å². The quantitative estimate of drug-likeness (QED) is 0.734. The average molecular weight is 281 g/mol. The topological polar surface area (TPSA) is 46.1 Å². The Balaban J connectivity index is 2.20. The Morgan fingerprint density at radius 3 is 2.58 bits per heavy atom. The fourth-order valence-corrected chi connectivity index (χ4v) is 1.76. The number of hydrogen-bond donors (Lipinski definition) is 0. The smallest absolute Gasteiger partial charge is 0.332 e. The van der Waals surface area contributed by atoms with Crippen LogP contribution in [0, 0.1) is 0 Å². The van der Waals surface area contributed by atoms with E-state index in [-0.39, 0.29) is 19.5 Å². The Kier molecular flexibility index (Phi) is 3.15. The molecule has 1 aliphatic rings. The van der Waals surface area contributed by atoms with E-state index in [1.54, 1.807) is 0 Å². The van der Waals surface area contributed by atoms with E-state index in [1.165, 1.54) is 12.5 Å². The summed E-state index contributed by atoms with van der Waals surface area (Å²) in [5, 5.41) is 0. The van der Waals surface area contributed by atoms with Gasteiger partial charge in [0.2, 0.25) is 0 Å². The van der Waals surface area contributed by atoms with E-state index in [0.717, 1.165) is 0 Å². The van der Waals surface area contributed by atoms with Gasteiger partial charge < -0.3 is 4.90 Å². The number of nitrogens with zero attached hydrogens (tertiary/aromatic N) is 3. The van der Waals surface area contributed by atoms with Crippen molar-refractivity contribution < 1.29 is 26.7 Å². The molecule has 1 amide bonds. The van der Waals surface area contributed by atoms with E-state index < -0.39 is 18.0 Å². The summed E-state index contributed by atoms with van der Waals surface area (Å²) in [7, 11) is 0. The van der Waals surface area contributed by atoms with Gasteiger partial charge in [0.05, 0.1) is 5.69 Å². The minimum absolute atomic E-state index is 0.123. The monoisotopic (exact) mass is 281 g/mol. The van der Waals surface area contributed by atoms with E-state index in [2.05, 4.69) is 9.97 Å². The van der Waals surface area contributed by atoms with Crippen LogP contribution in [0.2, 0.25) is 0 Å². The van der Waals surface area contributed by atoms with Gasteiger partial charge in [0.15, 0.2) is 0 Å². The van der Waals surface area contributed by atoms with Gasteiger partial charge >= 0.3 is 18.0 Å². The molecule has 0 unspecified atom stereocenters. The van der Waals surface area contributed by atoms with Gasteiger partial charge in [-0.25, -0.2) is 9.97 Å². The molecule has 4 nitrogen and oxygen atoms in total. The Morgan fingerprint density at radius 2 is 1.95 bits per heavy atom. The van der Waals surface area contributed by atoms with Crippen LogP contribution in [0.5, 0.6) is 0 Å². The maximum absolute atomic E-state index is 12.9. The van der Waals surface area contributed by atoms with Gasteiger partial charge in [0.1, 0.15) is 6.33 Å². The molecule has 0 atom stereocenters. The van der Waals surface area contributed by atoms with Crippen molar-refractivity contribution in [3.05, 3.63) is 23.8 Å². The lowest BCUT2D eigenvalue weighted by molar-refractivity contribution is -0.274. The Hall–Kier alpha value is -1.80. The molecule has 104 valence electrons. The Bertz CT molecular complexity index is 502. The van der Waals surface area contributed by atoms with Crippen LogP contribution in [0.3, 0.4) is 0 Å². The molecule has 0 radical (unpaired) electrons. The van der Waals surface area contributed by atoms with Crippen LogP contribution >= 0.6 is 0 Å². The molecule has 0 bridgehead atoms. The summed E-state index contributed by atoms with van der Waals surface area (Å²) in [6.45, 7) is -0.574. The molecular weight excluding hydrogens is 273 g/mol. The number of halogens is 5. The van der Waals surface area contributed by atoms with Gasteiger partial charge in [0.25, 0.3) is 0 Å². The maximum Gasteiger partial charge on any atom is 0.463 e. The summed E-state index contributed by atoms with van der Waals surface area (Å²) in [4.78, 5) is 19.3. The third-order valence-electron chi connectivity index (χ3n) is 2.77. The van der Waals surface area contributed by atoms with Crippen molar-refractivity contribution in [2.75, 3.05) is 6.54 Å². The van der Waals surface area contributed by atoms with E-state index >= 15 is 0 Å². The second-order valence-corrected chi connectivity index (χ2v) is 4.04. The second kappa shape index (κ2) is 4.39. The number of hydrogen-bond acceptors (Lipinski definition) is 3. The van der Waals surface area contributed by atoms with E-state index in [9.17, 15) is 26.7 Å². The number of carbonyl (C=O) groups excluding carboxylic acids is 1. The van der Waals surface area contributed by atoms with Crippen LogP contribution < -0.4 is 0 Å². The fraction of sp³-hybridized carbons (Fsp3) is 0.500. The molecule has 0 saturated heterocycles. The van der Waals surface area contributed by atoms with Crippen molar-refractivity contribution in [2.45, 2.75) is 25.1 Å². The summed E-state index contributed by atoms with van der Waals surface area (Å²) in [6, 6.07) is 0. The minimum Gasteiger partial charge on any atom is -0.332 e. The molecule has 0 spiro atoms. The minimum atomic E-state index is -5.89. The Morgan fingerprint density at radius 1 is 1.26 bits per heavy atom. The SMILES string of the molecule is O=C(N1CCc2ncncc2C1)C(F)(F)C(F)(F)F. The van der Waals surface area contributed by atoms with Gasteiger partial charge in [-0.3, -0.25) is 4.79 Å². The zero-order valence-corrected chi connectivity index (χ0v) is 9.42. The van der Waals surface area contributed by atoms with Crippen LogP contribution in [-0.4, -0.2) is 39.4 Å². The molecule has 0 N–H and O–H groups in total. The zero-order valence-electron chi connectivity index (χ0n) is 9.42. The standard InChI is InChI=1S/C10H8F5N3O/c11-9(12,10(13,14)15)8(19)18-2-1-7-6(4-18)3-16-5-17-7/h3,5H,1-2,4H2. The normalized spacial score (nSPS) is 16.2. The predicted octanol–water partition coefficient (Wildman–Crippen LogP) is 1.56. The highest BCUT2D eigenvalue weighted by Gasteiger charge is 2.64. The van der Waals surface area contributed by atoms with Gasteiger partial charge in [-0.15, -0.1) is 0 Å². The largest absolute Gasteiger partial charge is 0.463 e.